The van der Waals surface area contributed by atoms with E-state index in [1.165, 1.54) is 0 Å². The molecule has 1 fully saturated rings. The van der Waals surface area contributed by atoms with E-state index in [2.05, 4.69) is 26.1 Å². The lowest BCUT2D eigenvalue weighted by atomic mass is 9.87. The lowest BCUT2D eigenvalue weighted by molar-refractivity contribution is -0.127. The van der Waals surface area contributed by atoms with E-state index in [-0.39, 0.29) is 23.8 Å². The number of carbonyl (C=O) groups excluding carboxylic acids is 3. The third-order valence-electron chi connectivity index (χ3n) is 5.58. The van der Waals surface area contributed by atoms with E-state index in [1.807, 2.05) is 11.8 Å². The highest BCUT2D eigenvalue weighted by molar-refractivity contribution is 5.94. The van der Waals surface area contributed by atoms with Crippen molar-refractivity contribution in [2.24, 2.45) is 11.3 Å². The van der Waals surface area contributed by atoms with Crippen molar-refractivity contribution in [2.75, 3.05) is 26.2 Å². The third-order valence-corrected chi connectivity index (χ3v) is 5.58. The summed E-state index contributed by atoms with van der Waals surface area (Å²) >= 11 is 0. The smallest absolute Gasteiger partial charge is 0.434 e. The molecule has 7 nitrogen and oxygen atoms in total. The molecule has 7 heteroatoms. The predicted molar refractivity (Wildman–Crippen MR) is 119 cm³/mol. The SMILES string of the molecule is CCOC(=O)Oc1ccc(C(=O)NCC2CCN(C(=O)/C=C(\C)C(C)(C)C)CC2)cc1. The van der Waals surface area contributed by atoms with Crippen molar-refractivity contribution in [3.8, 4) is 5.75 Å². The summed E-state index contributed by atoms with van der Waals surface area (Å²) in [6, 6.07) is 6.33. The Kier molecular flexibility index (Phi) is 8.65. The van der Waals surface area contributed by atoms with Gasteiger partial charge in [-0.1, -0.05) is 26.3 Å². The quantitative estimate of drug-likeness (QED) is 0.416. The van der Waals surface area contributed by atoms with Crippen LogP contribution < -0.4 is 10.1 Å². The molecule has 0 radical (unpaired) electrons. The van der Waals surface area contributed by atoms with Crippen molar-refractivity contribution in [1.29, 1.82) is 0 Å². The molecule has 1 aromatic rings. The highest BCUT2D eigenvalue weighted by atomic mass is 16.7. The third kappa shape index (κ3) is 7.74. The zero-order valence-corrected chi connectivity index (χ0v) is 19.2. The molecule has 2 amide bonds. The first-order valence-electron chi connectivity index (χ1n) is 10.8. The van der Waals surface area contributed by atoms with E-state index < -0.39 is 6.16 Å². The van der Waals surface area contributed by atoms with E-state index in [9.17, 15) is 14.4 Å². The molecule has 0 unspecified atom stereocenters. The van der Waals surface area contributed by atoms with Crippen LogP contribution in [0.5, 0.6) is 5.75 Å². The summed E-state index contributed by atoms with van der Waals surface area (Å²) < 4.78 is 9.70. The minimum Gasteiger partial charge on any atom is -0.434 e. The average molecular weight is 431 g/mol. The molecule has 0 saturated carbocycles. The largest absolute Gasteiger partial charge is 0.513 e. The van der Waals surface area contributed by atoms with Crippen molar-refractivity contribution in [1.82, 2.24) is 10.2 Å². The van der Waals surface area contributed by atoms with E-state index in [4.69, 9.17) is 9.47 Å². The molecular formula is C24H34N2O5. The molecular weight excluding hydrogens is 396 g/mol. The van der Waals surface area contributed by atoms with Gasteiger partial charge >= 0.3 is 6.16 Å². The fraction of sp³-hybridized carbons (Fsp3) is 0.542. The summed E-state index contributed by atoms with van der Waals surface area (Å²) in [7, 11) is 0. The second-order valence-corrected chi connectivity index (χ2v) is 8.87. The molecule has 1 aliphatic heterocycles. The van der Waals surface area contributed by atoms with Crippen LogP contribution in [-0.4, -0.2) is 49.1 Å². The Balaban J connectivity index is 1.77. The van der Waals surface area contributed by atoms with Crippen molar-refractivity contribution < 1.29 is 23.9 Å². The number of carbonyl (C=O) groups is 3. The molecule has 0 spiro atoms. The summed E-state index contributed by atoms with van der Waals surface area (Å²) in [6.07, 6.45) is 2.70. The molecule has 1 heterocycles. The maximum Gasteiger partial charge on any atom is 0.513 e. The van der Waals surface area contributed by atoms with Crippen molar-refractivity contribution in [3.63, 3.8) is 0 Å². The number of allylic oxidation sites excluding steroid dienone is 1. The maximum absolute atomic E-state index is 12.5. The lowest BCUT2D eigenvalue weighted by Gasteiger charge is -2.32. The number of amides is 2. The molecule has 0 bridgehead atoms. The van der Waals surface area contributed by atoms with Gasteiger partial charge in [-0.15, -0.1) is 0 Å². The maximum atomic E-state index is 12.5. The summed E-state index contributed by atoms with van der Waals surface area (Å²) in [5.41, 5.74) is 1.55. The molecule has 1 saturated heterocycles. The number of hydrogen-bond acceptors (Lipinski definition) is 5. The summed E-state index contributed by atoms with van der Waals surface area (Å²) in [6.45, 7) is 12.2. The van der Waals surface area contributed by atoms with Crippen LogP contribution in [0.3, 0.4) is 0 Å². The van der Waals surface area contributed by atoms with Crippen molar-refractivity contribution >= 4 is 18.0 Å². The molecule has 1 aromatic carbocycles. The van der Waals surface area contributed by atoms with Gasteiger partial charge in [0, 0.05) is 31.3 Å². The highest BCUT2D eigenvalue weighted by Crippen LogP contribution is 2.25. The van der Waals surface area contributed by atoms with Gasteiger partial charge in [0.2, 0.25) is 5.91 Å². The second kappa shape index (κ2) is 11.0. The monoisotopic (exact) mass is 430 g/mol. The molecule has 2 rings (SSSR count). The number of ether oxygens (including phenoxy) is 2. The van der Waals surface area contributed by atoms with Gasteiger partial charge in [0.1, 0.15) is 5.75 Å². The highest BCUT2D eigenvalue weighted by Gasteiger charge is 2.23. The van der Waals surface area contributed by atoms with E-state index >= 15 is 0 Å². The first-order chi connectivity index (χ1) is 14.6. The number of benzene rings is 1. The van der Waals surface area contributed by atoms with Crippen LogP contribution in [0.15, 0.2) is 35.9 Å². The van der Waals surface area contributed by atoms with E-state index in [1.54, 1.807) is 37.3 Å². The lowest BCUT2D eigenvalue weighted by Crippen LogP contribution is -2.41. The first kappa shape index (κ1) is 24.4. The first-order valence-corrected chi connectivity index (χ1v) is 10.8. The van der Waals surface area contributed by atoms with Gasteiger partial charge in [-0.3, -0.25) is 9.59 Å². The van der Waals surface area contributed by atoms with Crippen molar-refractivity contribution in [2.45, 2.75) is 47.5 Å². The van der Waals surface area contributed by atoms with Gasteiger partial charge in [0.15, 0.2) is 0 Å². The Bertz CT molecular complexity index is 800. The molecule has 1 N–H and O–H groups in total. The Morgan fingerprint density at radius 2 is 1.74 bits per heavy atom. The van der Waals surface area contributed by atoms with Crippen LogP contribution in [-0.2, 0) is 9.53 Å². The summed E-state index contributed by atoms with van der Waals surface area (Å²) in [4.78, 5) is 38.1. The zero-order valence-electron chi connectivity index (χ0n) is 19.2. The Hall–Kier alpha value is -2.83. The number of rotatable bonds is 6. The number of nitrogens with zero attached hydrogens (tertiary/aromatic N) is 1. The fourth-order valence-corrected chi connectivity index (χ4v) is 3.11. The van der Waals surface area contributed by atoms with Gasteiger partial charge in [-0.2, -0.15) is 0 Å². The molecule has 0 atom stereocenters. The summed E-state index contributed by atoms with van der Waals surface area (Å²) in [5, 5.41) is 2.96. The van der Waals surface area contributed by atoms with E-state index in [0.29, 0.717) is 36.9 Å². The predicted octanol–water partition coefficient (Wildman–Crippen LogP) is 4.18. The Labute approximate surface area is 184 Å². The summed E-state index contributed by atoms with van der Waals surface area (Å²) in [5.74, 6) is 0.555. The zero-order chi connectivity index (χ0) is 23.0. The number of nitrogens with one attached hydrogen (secondary N) is 1. The van der Waals surface area contributed by atoms with Crippen LogP contribution in [0.25, 0.3) is 0 Å². The van der Waals surface area contributed by atoms with Gasteiger partial charge in [0.25, 0.3) is 5.91 Å². The molecule has 170 valence electrons. The molecule has 1 aliphatic rings. The van der Waals surface area contributed by atoms with E-state index in [0.717, 1.165) is 18.4 Å². The van der Waals surface area contributed by atoms with Gasteiger partial charge in [-0.05, 0) is 62.3 Å². The Morgan fingerprint density at radius 3 is 2.29 bits per heavy atom. The van der Waals surface area contributed by atoms with Gasteiger partial charge in [-0.25, -0.2) is 4.79 Å². The van der Waals surface area contributed by atoms with Crippen molar-refractivity contribution in [3.05, 3.63) is 41.5 Å². The minimum absolute atomic E-state index is 0.0125. The molecule has 31 heavy (non-hydrogen) atoms. The van der Waals surface area contributed by atoms with Crippen LogP contribution in [0, 0.1) is 11.3 Å². The van der Waals surface area contributed by atoms with Crippen LogP contribution in [0.1, 0.15) is 57.8 Å². The topological polar surface area (TPSA) is 84.9 Å². The van der Waals surface area contributed by atoms with Crippen LogP contribution in [0.2, 0.25) is 0 Å². The Morgan fingerprint density at radius 1 is 1.13 bits per heavy atom. The average Bonchev–Trinajstić information content (AvgIpc) is 2.72. The standard InChI is InChI=1S/C24H34N2O5/c1-6-30-23(29)31-20-9-7-19(8-10-20)22(28)25-16-18-11-13-26(14-12-18)21(27)15-17(2)24(3,4)5/h7-10,15,18H,6,11-14,16H2,1-5H3,(H,25,28)/b17-15+. The molecule has 0 aromatic heterocycles. The number of likely N-dealkylation sites (tertiary alicyclic amines) is 1. The molecule has 0 aliphatic carbocycles. The van der Waals surface area contributed by atoms with Gasteiger partial charge < -0.3 is 19.7 Å². The number of hydrogen-bond donors (Lipinski definition) is 1. The normalized spacial score (nSPS) is 15.4. The second-order valence-electron chi connectivity index (χ2n) is 8.87. The minimum atomic E-state index is -0.770. The van der Waals surface area contributed by atoms with Gasteiger partial charge in [0.05, 0.1) is 6.61 Å². The number of piperidine rings is 1. The fourth-order valence-electron chi connectivity index (χ4n) is 3.11. The van der Waals surface area contributed by atoms with Crippen LogP contribution in [0.4, 0.5) is 4.79 Å². The van der Waals surface area contributed by atoms with Crippen LogP contribution >= 0.6 is 0 Å².